The van der Waals surface area contributed by atoms with E-state index in [-0.39, 0.29) is 23.8 Å². The van der Waals surface area contributed by atoms with E-state index >= 15 is 0 Å². The van der Waals surface area contributed by atoms with Crippen molar-refractivity contribution in [1.29, 1.82) is 0 Å². The number of urea groups is 1. The molecule has 0 aliphatic carbocycles. The van der Waals surface area contributed by atoms with E-state index in [1.165, 1.54) is 49.6 Å². The van der Waals surface area contributed by atoms with Crippen LogP contribution in [0.25, 0.3) is 10.8 Å². The molecule has 228 valence electrons. The second-order valence-electron chi connectivity index (χ2n) is 8.92. The molecule has 3 aromatic rings. The van der Waals surface area contributed by atoms with Crippen molar-refractivity contribution >= 4 is 48.1 Å². The summed E-state index contributed by atoms with van der Waals surface area (Å²) in [7, 11) is -0.288. The number of nitrogens with one attached hydrogen (secondary N) is 2. The van der Waals surface area contributed by atoms with Crippen molar-refractivity contribution in [3.8, 4) is 0 Å². The molecule has 1 unspecified atom stereocenters. The minimum Gasteiger partial charge on any atom is -0.447 e. The second kappa shape index (κ2) is 15.2. The SMILES string of the molecule is COP(=O)(OC)OCC(O)C[C@@H](COC(=O)Nc1cc2cc(F)ccc2cn1)N(C)C(=O)NCc1cccc(F)c1Cl. The normalized spacial score (nSPS) is 12.9. The molecule has 0 radical (unpaired) electrons. The van der Waals surface area contributed by atoms with Gasteiger partial charge in [0, 0.05) is 39.4 Å². The van der Waals surface area contributed by atoms with Gasteiger partial charge in [0.15, 0.2) is 0 Å². The lowest BCUT2D eigenvalue weighted by molar-refractivity contribution is 0.0403. The van der Waals surface area contributed by atoms with E-state index < -0.39 is 56.9 Å². The summed E-state index contributed by atoms with van der Waals surface area (Å²) in [5.74, 6) is -1.01. The smallest absolute Gasteiger partial charge is 0.447 e. The number of benzene rings is 2. The first-order valence-corrected chi connectivity index (χ1v) is 14.2. The fraction of sp³-hybridized carbons (Fsp3) is 0.346. The Hall–Kier alpha value is -3.39. The van der Waals surface area contributed by atoms with Gasteiger partial charge in [-0.1, -0.05) is 23.7 Å². The van der Waals surface area contributed by atoms with Crippen LogP contribution in [-0.2, 0) is 29.4 Å². The van der Waals surface area contributed by atoms with Gasteiger partial charge in [-0.25, -0.2) is 27.9 Å². The van der Waals surface area contributed by atoms with E-state index in [4.69, 9.17) is 20.9 Å². The van der Waals surface area contributed by atoms with Crippen LogP contribution in [0.15, 0.2) is 48.7 Å². The first-order valence-electron chi connectivity index (χ1n) is 12.4. The molecule has 0 bridgehead atoms. The molecule has 0 saturated carbocycles. The molecule has 16 heteroatoms. The summed E-state index contributed by atoms with van der Waals surface area (Å²) in [4.78, 5) is 30.7. The molecule has 3 amide bonds. The summed E-state index contributed by atoms with van der Waals surface area (Å²) in [5.41, 5.74) is 0.330. The molecule has 1 aromatic heterocycles. The van der Waals surface area contributed by atoms with Crippen LogP contribution < -0.4 is 10.6 Å². The van der Waals surface area contributed by atoms with Gasteiger partial charge >= 0.3 is 19.9 Å². The number of likely N-dealkylation sites (N-methyl/N-ethyl adjacent to an activating group) is 1. The highest BCUT2D eigenvalue weighted by Gasteiger charge is 2.28. The number of fused-ring (bicyclic) bond motifs is 1. The molecule has 0 aliphatic heterocycles. The molecular weight excluding hydrogens is 601 g/mol. The van der Waals surface area contributed by atoms with Crippen LogP contribution in [0, 0.1) is 11.6 Å². The fourth-order valence-corrected chi connectivity index (χ4v) is 4.62. The quantitative estimate of drug-likeness (QED) is 0.220. The van der Waals surface area contributed by atoms with Gasteiger partial charge in [0.05, 0.1) is 23.8 Å². The number of aliphatic hydroxyl groups excluding tert-OH is 1. The second-order valence-corrected chi connectivity index (χ2v) is 11.2. The number of hydrogen-bond donors (Lipinski definition) is 3. The number of pyridine rings is 1. The lowest BCUT2D eigenvalue weighted by atomic mass is 10.1. The summed E-state index contributed by atoms with van der Waals surface area (Å²) in [5, 5.41) is 16.6. The maximum absolute atomic E-state index is 13.8. The van der Waals surface area contributed by atoms with E-state index in [0.29, 0.717) is 16.3 Å². The molecule has 1 heterocycles. The zero-order valence-electron chi connectivity index (χ0n) is 22.9. The van der Waals surface area contributed by atoms with E-state index in [0.717, 1.165) is 19.1 Å². The number of carbonyl (C=O) groups is 2. The van der Waals surface area contributed by atoms with Crippen LogP contribution in [-0.4, -0.2) is 73.7 Å². The average Bonchev–Trinajstić information content (AvgIpc) is 2.98. The third-order valence-corrected chi connectivity index (χ3v) is 7.85. The number of nitrogens with zero attached hydrogens (tertiary/aromatic N) is 2. The summed E-state index contributed by atoms with van der Waals surface area (Å²) in [6.07, 6.45) is -0.979. The molecule has 3 rings (SSSR count). The Balaban J connectivity index is 1.67. The summed E-state index contributed by atoms with van der Waals surface area (Å²) in [6, 6.07) is 8.14. The lowest BCUT2D eigenvalue weighted by Crippen LogP contribution is -2.47. The van der Waals surface area contributed by atoms with Gasteiger partial charge < -0.3 is 20.1 Å². The zero-order valence-corrected chi connectivity index (χ0v) is 24.5. The summed E-state index contributed by atoms with van der Waals surface area (Å²) >= 11 is 5.96. The number of anilines is 1. The summed E-state index contributed by atoms with van der Waals surface area (Å²) in [6.45, 7) is -1.01. The Bertz CT molecular complexity index is 1440. The maximum atomic E-state index is 13.8. The van der Waals surface area contributed by atoms with E-state index in [2.05, 4.69) is 24.7 Å². The third kappa shape index (κ3) is 9.31. The van der Waals surface area contributed by atoms with Crippen molar-refractivity contribution in [3.63, 3.8) is 0 Å². The Kier molecular flexibility index (Phi) is 12.0. The standard InChI is InChI=1S/C26H30ClF2N4O8P/c1-33(25(35)31-13-17-5-4-6-22(29)24(17)27)20(11-21(34)15-41-42(37,38-2)39-3)14-40-26(36)32-23-10-18-9-19(28)8-7-16(18)12-30-23/h4-10,12,20-21,34H,11,13-15H2,1-3H3,(H,31,35)(H,30,32,36)/t20-,21?/m0/s1. The number of rotatable bonds is 13. The van der Waals surface area contributed by atoms with Gasteiger partial charge in [0.1, 0.15) is 24.1 Å². The van der Waals surface area contributed by atoms with E-state index in [9.17, 15) is 28.0 Å². The number of halogens is 3. The number of carbonyl (C=O) groups excluding carboxylic acids is 2. The number of hydrogen-bond acceptors (Lipinski definition) is 9. The first kappa shape index (κ1) is 33.1. The average molecular weight is 631 g/mol. The molecule has 0 aliphatic rings. The van der Waals surface area contributed by atoms with Crippen molar-refractivity contribution in [2.75, 3.05) is 39.8 Å². The van der Waals surface area contributed by atoms with Gasteiger partial charge in [-0.05, 0) is 47.7 Å². The molecule has 12 nitrogen and oxygen atoms in total. The Morgan fingerprint density at radius 3 is 2.57 bits per heavy atom. The number of phosphoric acid groups is 1. The maximum Gasteiger partial charge on any atom is 0.474 e. The molecule has 0 spiro atoms. The lowest BCUT2D eigenvalue weighted by Gasteiger charge is -2.30. The van der Waals surface area contributed by atoms with Crippen LogP contribution >= 0.6 is 19.4 Å². The summed E-state index contributed by atoms with van der Waals surface area (Å²) < 4.78 is 59.2. The van der Waals surface area contributed by atoms with Gasteiger partial charge in [0.2, 0.25) is 0 Å². The van der Waals surface area contributed by atoms with Crippen LogP contribution in [0.5, 0.6) is 0 Å². The predicted molar refractivity (Wildman–Crippen MR) is 150 cm³/mol. The van der Waals surface area contributed by atoms with Crippen LogP contribution in [0.2, 0.25) is 5.02 Å². The molecule has 0 fully saturated rings. The van der Waals surface area contributed by atoms with Crippen molar-refractivity contribution < 1.29 is 46.3 Å². The number of ether oxygens (including phenoxy) is 1. The Morgan fingerprint density at radius 2 is 1.86 bits per heavy atom. The molecular formula is C26H30ClF2N4O8P. The van der Waals surface area contributed by atoms with Crippen LogP contribution in [0.4, 0.5) is 24.2 Å². The topological polar surface area (TPSA) is 149 Å². The number of phosphoric ester groups is 1. The molecule has 2 aromatic carbocycles. The Labute approximate surface area is 245 Å². The van der Waals surface area contributed by atoms with Crippen molar-refractivity contribution in [2.24, 2.45) is 0 Å². The highest BCUT2D eigenvalue weighted by molar-refractivity contribution is 7.48. The van der Waals surface area contributed by atoms with Gasteiger partial charge in [-0.2, -0.15) is 0 Å². The molecule has 2 atom stereocenters. The van der Waals surface area contributed by atoms with Gasteiger partial charge in [0.25, 0.3) is 0 Å². The molecule has 3 N–H and O–H groups in total. The van der Waals surface area contributed by atoms with Crippen LogP contribution in [0.3, 0.4) is 0 Å². The minimum atomic E-state index is -3.89. The number of aliphatic hydroxyl groups is 1. The van der Waals surface area contributed by atoms with Crippen molar-refractivity contribution in [2.45, 2.75) is 25.1 Å². The van der Waals surface area contributed by atoms with Crippen molar-refractivity contribution in [1.82, 2.24) is 15.2 Å². The van der Waals surface area contributed by atoms with Crippen molar-refractivity contribution in [3.05, 3.63) is 70.9 Å². The monoisotopic (exact) mass is 630 g/mol. The Morgan fingerprint density at radius 1 is 1.12 bits per heavy atom. The minimum absolute atomic E-state index is 0.0936. The highest BCUT2D eigenvalue weighted by atomic mass is 35.5. The molecule has 0 saturated heterocycles. The first-order chi connectivity index (χ1) is 19.9. The van der Waals surface area contributed by atoms with Gasteiger partial charge in [-0.15, -0.1) is 0 Å². The fourth-order valence-electron chi connectivity index (χ4n) is 3.72. The predicted octanol–water partition coefficient (Wildman–Crippen LogP) is 5.09. The zero-order chi connectivity index (χ0) is 30.9. The van der Waals surface area contributed by atoms with E-state index in [1.807, 2.05) is 0 Å². The third-order valence-electron chi connectivity index (χ3n) is 6.07. The van der Waals surface area contributed by atoms with Crippen LogP contribution in [0.1, 0.15) is 12.0 Å². The van der Waals surface area contributed by atoms with E-state index in [1.54, 1.807) is 6.07 Å². The number of aromatic nitrogens is 1. The number of amides is 3. The highest BCUT2D eigenvalue weighted by Crippen LogP contribution is 2.47. The molecule has 42 heavy (non-hydrogen) atoms. The largest absolute Gasteiger partial charge is 0.474 e. The van der Waals surface area contributed by atoms with Gasteiger partial charge in [-0.3, -0.25) is 18.9 Å².